The molecular formula is C14H14F3NO3. The third-order valence-corrected chi connectivity index (χ3v) is 3.57. The van der Waals surface area contributed by atoms with E-state index in [9.17, 15) is 22.8 Å². The number of aliphatic carboxylic acids is 1. The van der Waals surface area contributed by atoms with Crippen LogP contribution >= 0.6 is 0 Å². The van der Waals surface area contributed by atoms with Crippen LogP contribution in [0.1, 0.15) is 35.2 Å². The molecule has 0 bridgehead atoms. The predicted molar refractivity (Wildman–Crippen MR) is 67.7 cm³/mol. The fraction of sp³-hybridized carbons (Fsp3) is 0.429. The highest BCUT2D eigenvalue weighted by Gasteiger charge is 2.32. The van der Waals surface area contributed by atoms with Crippen molar-refractivity contribution in [3.8, 4) is 0 Å². The van der Waals surface area contributed by atoms with Gasteiger partial charge in [0.15, 0.2) is 0 Å². The van der Waals surface area contributed by atoms with Crippen molar-refractivity contribution in [2.45, 2.75) is 31.5 Å². The molecule has 0 aromatic heterocycles. The molecule has 4 nitrogen and oxygen atoms in total. The Morgan fingerprint density at radius 1 is 1.24 bits per heavy atom. The molecule has 0 spiro atoms. The van der Waals surface area contributed by atoms with Crippen LogP contribution in [0.3, 0.4) is 0 Å². The average molecular weight is 301 g/mol. The number of carboxylic acids is 1. The van der Waals surface area contributed by atoms with Crippen LogP contribution in [0.2, 0.25) is 0 Å². The molecule has 2 atom stereocenters. The first kappa shape index (κ1) is 15.3. The number of hydrogen-bond donors (Lipinski definition) is 2. The van der Waals surface area contributed by atoms with Gasteiger partial charge in [0.1, 0.15) is 0 Å². The molecule has 0 aliphatic heterocycles. The van der Waals surface area contributed by atoms with Gasteiger partial charge in [0.2, 0.25) is 0 Å². The van der Waals surface area contributed by atoms with E-state index in [0.29, 0.717) is 19.3 Å². The number of hydrogen-bond acceptors (Lipinski definition) is 2. The van der Waals surface area contributed by atoms with Crippen LogP contribution in [0, 0.1) is 5.92 Å². The Morgan fingerprint density at radius 3 is 2.52 bits per heavy atom. The Morgan fingerprint density at radius 2 is 1.95 bits per heavy atom. The molecule has 1 aromatic carbocycles. The normalized spacial score (nSPS) is 22.0. The quantitative estimate of drug-likeness (QED) is 0.902. The molecular weight excluding hydrogens is 287 g/mol. The van der Waals surface area contributed by atoms with E-state index >= 15 is 0 Å². The van der Waals surface area contributed by atoms with Gasteiger partial charge >= 0.3 is 12.1 Å². The lowest BCUT2D eigenvalue weighted by atomic mass is 10.1. The molecule has 2 N–H and O–H groups in total. The third-order valence-electron chi connectivity index (χ3n) is 3.57. The highest BCUT2D eigenvalue weighted by molar-refractivity contribution is 5.94. The lowest BCUT2D eigenvalue weighted by Gasteiger charge is -2.13. The van der Waals surface area contributed by atoms with E-state index in [1.54, 1.807) is 0 Å². The summed E-state index contributed by atoms with van der Waals surface area (Å²) in [6, 6.07) is 3.85. The predicted octanol–water partition coefficient (Wildman–Crippen LogP) is 2.69. The van der Waals surface area contributed by atoms with Crippen molar-refractivity contribution in [3.63, 3.8) is 0 Å². The minimum Gasteiger partial charge on any atom is -0.481 e. The van der Waals surface area contributed by atoms with E-state index < -0.39 is 29.5 Å². The zero-order valence-corrected chi connectivity index (χ0v) is 11.0. The topological polar surface area (TPSA) is 66.4 Å². The molecule has 0 heterocycles. The fourth-order valence-electron chi connectivity index (χ4n) is 2.44. The van der Waals surface area contributed by atoms with Gasteiger partial charge in [-0.2, -0.15) is 13.2 Å². The lowest BCUT2D eigenvalue weighted by Crippen LogP contribution is -2.33. The maximum atomic E-state index is 12.6. The second kappa shape index (κ2) is 5.75. The van der Waals surface area contributed by atoms with Crippen molar-refractivity contribution in [2.24, 2.45) is 5.92 Å². The van der Waals surface area contributed by atoms with Crippen molar-refractivity contribution in [1.82, 2.24) is 5.32 Å². The van der Waals surface area contributed by atoms with Crippen LogP contribution in [0.5, 0.6) is 0 Å². The van der Waals surface area contributed by atoms with Crippen LogP contribution in [-0.2, 0) is 11.0 Å². The van der Waals surface area contributed by atoms with Crippen LogP contribution in [0.4, 0.5) is 13.2 Å². The van der Waals surface area contributed by atoms with Crippen molar-refractivity contribution in [2.75, 3.05) is 0 Å². The van der Waals surface area contributed by atoms with Gasteiger partial charge in [-0.15, -0.1) is 0 Å². The van der Waals surface area contributed by atoms with E-state index in [2.05, 4.69) is 5.32 Å². The van der Waals surface area contributed by atoms with Crippen molar-refractivity contribution in [3.05, 3.63) is 35.4 Å². The van der Waals surface area contributed by atoms with Gasteiger partial charge in [-0.1, -0.05) is 6.07 Å². The molecule has 21 heavy (non-hydrogen) atoms. The van der Waals surface area contributed by atoms with Gasteiger partial charge in [0, 0.05) is 11.6 Å². The van der Waals surface area contributed by atoms with Crippen molar-refractivity contribution < 1.29 is 27.9 Å². The molecule has 1 amide bonds. The fourth-order valence-corrected chi connectivity index (χ4v) is 2.44. The summed E-state index contributed by atoms with van der Waals surface area (Å²) in [5, 5.41) is 11.5. The second-order valence-corrected chi connectivity index (χ2v) is 5.10. The summed E-state index contributed by atoms with van der Waals surface area (Å²) in [4.78, 5) is 22.8. The largest absolute Gasteiger partial charge is 0.481 e. The maximum Gasteiger partial charge on any atom is 0.416 e. The molecule has 7 heteroatoms. The summed E-state index contributed by atoms with van der Waals surface area (Å²) in [5.41, 5.74) is -0.964. The first-order valence-electron chi connectivity index (χ1n) is 6.48. The molecule has 114 valence electrons. The molecule has 2 rings (SSSR count). The molecule has 0 radical (unpaired) electrons. The van der Waals surface area contributed by atoms with Crippen molar-refractivity contribution in [1.29, 1.82) is 0 Å². The Balaban J connectivity index is 2.03. The number of nitrogens with one attached hydrogen (secondary N) is 1. The van der Waals surface area contributed by atoms with Gasteiger partial charge in [-0.3, -0.25) is 9.59 Å². The highest BCUT2D eigenvalue weighted by atomic mass is 19.4. The van der Waals surface area contributed by atoms with Crippen LogP contribution in [0.25, 0.3) is 0 Å². The second-order valence-electron chi connectivity index (χ2n) is 5.10. The molecule has 1 aliphatic carbocycles. The lowest BCUT2D eigenvalue weighted by molar-refractivity contribution is -0.141. The first-order valence-corrected chi connectivity index (χ1v) is 6.48. The molecule has 1 aliphatic rings. The number of carbonyl (C=O) groups is 2. The standard InChI is InChI=1S/C14H14F3NO3/c15-14(16,17)10-3-1-2-8(6-10)12(19)18-11-5-4-9(7-11)13(20)21/h1-3,6,9,11H,4-5,7H2,(H,18,19)(H,20,21)/t9-,11+/m1/s1. The van der Waals surface area contributed by atoms with Crippen LogP contribution in [0.15, 0.2) is 24.3 Å². The summed E-state index contributed by atoms with van der Waals surface area (Å²) >= 11 is 0. The zero-order chi connectivity index (χ0) is 15.6. The number of carbonyl (C=O) groups excluding carboxylic acids is 1. The number of carboxylic acid groups (broad SMARTS) is 1. The summed E-state index contributed by atoms with van der Waals surface area (Å²) < 4.78 is 37.7. The van der Waals surface area contributed by atoms with Gasteiger partial charge in [-0.25, -0.2) is 0 Å². The van der Waals surface area contributed by atoms with E-state index in [1.165, 1.54) is 12.1 Å². The van der Waals surface area contributed by atoms with Gasteiger partial charge in [-0.05, 0) is 37.5 Å². The summed E-state index contributed by atoms with van der Waals surface area (Å²) in [7, 11) is 0. The zero-order valence-electron chi connectivity index (χ0n) is 11.0. The van der Waals surface area contributed by atoms with E-state index in [-0.39, 0.29) is 11.6 Å². The van der Waals surface area contributed by atoms with Gasteiger partial charge in [0.25, 0.3) is 5.91 Å². The number of halogens is 3. The van der Waals surface area contributed by atoms with E-state index in [1.807, 2.05) is 0 Å². The molecule has 1 fully saturated rings. The van der Waals surface area contributed by atoms with E-state index in [4.69, 9.17) is 5.11 Å². The number of benzene rings is 1. The smallest absolute Gasteiger partial charge is 0.416 e. The highest BCUT2D eigenvalue weighted by Crippen LogP contribution is 2.30. The Bertz CT molecular complexity index is 557. The minimum atomic E-state index is -4.50. The number of alkyl halides is 3. The Kier molecular flexibility index (Phi) is 4.20. The van der Waals surface area contributed by atoms with Crippen LogP contribution < -0.4 is 5.32 Å². The van der Waals surface area contributed by atoms with Gasteiger partial charge in [0.05, 0.1) is 11.5 Å². The minimum absolute atomic E-state index is 0.0800. The summed E-state index contributed by atoms with van der Waals surface area (Å²) in [6.45, 7) is 0. The van der Waals surface area contributed by atoms with Crippen LogP contribution in [-0.4, -0.2) is 23.0 Å². The summed E-state index contributed by atoms with van der Waals surface area (Å²) in [5.74, 6) is -2.03. The van der Waals surface area contributed by atoms with E-state index in [0.717, 1.165) is 12.1 Å². The Hall–Kier alpha value is -2.05. The molecule has 1 saturated carbocycles. The SMILES string of the molecule is O=C(N[C@H]1CC[C@@H](C(=O)O)C1)c1cccc(C(F)(F)F)c1. The van der Waals surface area contributed by atoms with Gasteiger partial charge < -0.3 is 10.4 Å². The molecule has 1 aromatic rings. The Labute approximate surface area is 119 Å². The third kappa shape index (κ3) is 3.74. The molecule has 0 saturated heterocycles. The number of rotatable bonds is 3. The average Bonchev–Trinajstić information content (AvgIpc) is 2.86. The number of amides is 1. The first-order chi connectivity index (χ1) is 9.77. The monoisotopic (exact) mass is 301 g/mol. The summed E-state index contributed by atoms with van der Waals surface area (Å²) in [6.07, 6.45) is -3.22. The van der Waals surface area contributed by atoms with Crippen molar-refractivity contribution >= 4 is 11.9 Å². The molecule has 0 unspecified atom stereocenters. The maximum absolute atomic E-state index is 12.6.